The minimum atomic E-state index is 0.798. The second-order valence-corrected chi connectivity index (χ2v) is 4.52. The monoisotopic (exact) mass is 249 g/mol. The molecule has 0 amide bonds. The van der Waals surface area contributed by atoms with Crippen LogP contribution in [0.25, 0.3) is 5.69 Å². The van der Waals surface area contributed by atoms with Gasteiger partial charge in [-0.1, -0.05) is 30.3 Å². The maximum Gasteiger partial charge on any atom is 0.0991 e. The SMILES string of the molecule is Nc1ccc(Cc2ccccc2-n2ccnc2)cc1. The quantitative estimate of drug-likeness (QED) is 0.725. The molecule has 0 bridgehead atoms. The molecule has 0 unspecified atom stereocenters. The fourth-order valence-electron chi connectivity index (χ4n) is 2.17. The van der Waals surface area contributed by atoms with Crippen molar-refractivity contribution in [1.29, 1.82) is 0 Å². The number of imidazole rings is 1. The van der Waals surface area contributed by atoms with Gasteiger partial charge >= 0.3 is 0 Å². The Hall–Kier alpha value is -2.55. The first-order valence-corrected chi connectivity index (χ1v) is 6.23. The summed E-state index contributed by atoms with van der Waals surface area (Å²) in [6.07, 6.45) is 6.46. The Labute approximate surface area is 112 Å². The minimum absolute atomic E-state index is 0.798. The second kappa shape index (κ2) is 4.98. The molecule has 0 aliphatic heterocycles. The van der Waals surface area contributed by atoms with E-state index in [1.807, 2.05) is 35.3 Å². The number of nitrogen functional groups attached to an aromatic ring is 1. The molecule has 19 heavy (non-hydrogen) atoms. The molecular weight excluding hydrogens is 234 g/mol. The van der Waals surface area contributed by atoms with Crippen LogP contribution in [0.5, 0.6) is 0 Å². The van der Waals surface area contributed by atoms with E-state index in [4.69, 9.17) is 5.73 Å². The lowest BCUT2D eigenvalue weighted by Gasteiger charge is -2.10. The molecule has 3 heteroatoms. The van der Waals surface area contributed by atoms with Gasteiger partial charge in [0.25, 0.3) is 0 Å². The van der Waals surface area contributed by atoms with Gasteiger partial charge in [-0.3, -0.25) is 0 Å². The molecule has 2 N–H and O–H groups in total. The van der Waals surface area contributed by atoms with Crippen LogP contribution in [0.1, 0.15) is 11.1 Å². The molecule has 0 radical (unpaired) electrons. The van der Waals surface area contributed by atoms with E-state index in [-0.39, 0.29) is 0 Å². The van der Waals surface area contributed by atoms with Crippen LogP contribution >= 0.6 is 0 Å². The molecule has 1 aromatic heterocycles. The molecule has 0 fully saturated rings. The molecule has 0 aliphatic rings. The number of rotatable bonds is 3. The number of nitrogens with two attached hydrogens (primary N) is 1. The standard InChI is InChI=1S/C16H15N3/c17-15-7-5-13(6-8-15)11-14-3-1-2-4-16(14)19-10-9-18-12-19/h1-10,12H,11,17H2. The third kappa shape index (κ3) is 2.50. The molecule has 0 aliphatic carbocycles. The Kier molecular flexibility index (Phi) is 3.02. The number of anilines is 1. The summed E-state index contributed by atoms with van der Waals surface area (Å²) in [7, 11) is 0. The summed E-state index contributed by atoms with van der Waals surface area (Å²) < 4.78 is 2.03. The van der Waals surface area contributed by atoms with Gasteiger partial charge in [0, 0.05) is 23.8 Å². The van der Waals surface area contributed by atoms with Crippen LogP contribution in [-0.4, -0.2) is 9.55 Å². The fraction of sp³-hybridized carbons (Fsp3) is 0.0625. The predicted octanol–water partition coefficient (Wildman–Crippen LogP) is 3.05. The summed E-state index contributed by atoms with van der Waals surface area (Å²) >= 11 is 0. The largest absolute Gasteiger partial charge is 0.399 e. The van der Waals surface area contributed by atoms with Crippen LogP contribution in [-0.2, 0) is 6.42 Å². The van der Waals surface area contributed by atoms with E-state index in [1.165, 1.54) is 11.1 Å². The normalized spacial score (nSPS) is 10.5. The topological polar surface area (TPSA) is 43.8 Å². The molecule has 94 valence electrons. The van der Waals surface area contributed by atoms with Crippen molar-refractivity contribution in [3.63, 3.8) is 0 Å². The first-order valence-electron chi connectivity index (χ1n) is 6.23. The highest BCUT2D eigenvalue weighted by atomic mass is 15.0. The van der Waals surface area contributed by atoms with Crippen molar-refractivity contribution in [3.05, 3.63) is 78.4 Å². The smallest absolute Gasteiger partial charge is 0.0991 e. The van der Waals surface area contributed by atoms with Gasteiger partial charge in [-0.05, 0) is 35.7 Å². The van der Waals surface area contributed by atoms with E-state index in [1.54, 1.807) is 6.20 Å². The number of benzene rings is 2. The summed E-state index contributed by atoms with van der Waals surface area (Å²) in [4.78, 5) is 4.10. The molecule has 1 heterocycles. The summed E-state index contributed by atoms with van der Waals surface area (Å²) in [5.74, 6) is 0. The maximum absolute atomic E-state index is 5.71. The summed E-state index contributed by atoms with van der Waals surface area (Å²) in [5.41, 5.74) is 10.2. The zero-order valence-corrected chi connectivity index (χ0v) is 10.5. The van der Waals surface area contributed by atoms with E-state index in [0.717, 1.165) is 17.8 Å². The average molecular weight is 249 g/mol. The molecule has 3 nitrogen and oxygen atoms in total. The highest BCUT2D eigenvalue weighted by molar-refractivity contribution is 5.46. The van der Waals surface area contributed by atoms with Gasteiger partial charge < -0.3 is 10.3 Å². The van der Waals surface area contributed by atoms with Crippen molar-refractivity contribution in [2.45, 2.75) is 6.42 Å². The molecule has 3 rings (SSSR count). The molecule has 0 saturated carbocycles. The van der Waals surface area contributed by atoms with E-state index in [2.05, 4.69) is 35.3 Å². The first kappa shape index (κ1) is 11.5. The van der Waals surface area contributed by atoms with E-state index < -0.39 is 0 Å². The predicted molar refractivity (Wildman–Crippen MR) is 77.2 cm³/mol. The Morgan fingerprint density at radius 3 is 2.53 bits per heavy atom. The second-order valence-electron chi connectivity index (χ2n) is 4.52. The van der Waals surface area contributed by atoms with Crippen molar-refractivity contribution in [2.24, 2.45) is 0 Å². The Morgan fingerprint density at radius 2 is 1.79 bits per heavy atom. The van der Waals surface area contributed by atoms with Crippen LogP contribution < -0.4 is 5.73 Å². The van der Waals surface area contributed by atoms with Gasteiger partial charge in [-0.2, -0.15) is 0 Å². The lowest BCUT2D eigenvalue weighted by molar-refractivity contribution is 1.02. The van der Waals surface area contributed by atoms with Crippen molar-refractivity contribution >= 4 is 5.69 Å². The van der Waals surface area contributed by atoms with Crippen LogP contribution in [0.3, 0.4) is 0 Å². The number of hydrogen-bond acceptors (Lipinski definition) is 2. The van der Waals surface area contributed by atoms with E-state index >= 15 is 0 Å². The van der Waals surface area contributed by atoms with Gasteiger partial charge in [0.1, 0.15) is 0 Å². The van der Waals surface area contributed by atoms with Gasteiger partial charge in [-0.25, -0.2) is 4.98 Å². The maximum atomic E-state index is 5.71. The van der Waals surface area contributed by atoms with Crippen molar-refractivity contribution in [2.75, 3.05) is 5.73 Å². The highest BCUT2D eigenvalue weighted by Crippen LogP contribution is 2.18. The van der Waals surface area contributed by atoms with Crippen LogP contribution in [0.15, 0.2) is 67.3 Å². The van der Waals surface area contributed by atoms with Crippen molar-refractivity contribution < 1.29 is 0 Å². The number of aromatic nitrogens is 2. The van der Waals surface area contributed by atoms with Crippen LogP contribution in [0, 0.1) is 0 Å². The van der Waals surface area contributed by atoms with Gasteiger partial charge in [0.15, 0.2) is 0 Å². The van der Waals surface area contributed by atoms with Crippen molar-refractivity contribution in [3.8, 4) is 5.69 Å². The first-order chi connectivity index (χ1) is 9.33. The zero-order chi connectivity index (χ0) is 13.1. The van der Waals surface area contributed by atoms with Gasteiger partial charge in [0.2, 0.25) is 0 Å². The molecule has 0 atom stereocenters. The summed E-state index contributed by atoms with van der Waals surface area (Å²) in [5, 5.41) is 0. The van der Waals surface area contributed by atoms with Crippen molar-refractivity contribution in [1.82, 2.24) is 9.55 Å². The Morgan fingerprint density at radius 1 is 1.00 bits per heavy atom. The molecule has 2 aromatic carbocycles. The Balaban J connectivity index is 1.95. The van der Waals surface area contributed by atoms with E-state index in [9.17, 15) is 0 Å². The van der Waals surface area contributed by atoms with Gasteiger partial charge in [0.05, 0.1) is 6.33 Å². The third-order valence-corrected chi connectivity index (χ3v) is 3.15. The number of para-hydroxylation sites is 1. The highest BCUT2D eigenvalue weighted by Gasteiger charge is 2.04. The third-order valence-electron chi connectivity index (χ3n) is 3.15. The zero-order valence-electron chi connectivity index (χ0n) is 10.5. The molecular formula is C16H15N3. The lowest BCUT2D eigenvalue weighted by atomic mass is 10.0. The number of nitrogens with zero attached hydrogens (tertiary/aromatic N) is 2. The Bertz CT molecular complexity index is 655. The fourth-order valence-corrected chi connectivity index (χ4v) is 2.17. The molecule has 0 spiro atoms. The van der Waals surface area contributed by atoms with Gasteiger partial charge in [-0.15, -0.1) is 0 Å². The summed E-state index contributed by atoms with van der Waals surface area (Å²) in [6, 6.07) is 16.4. The summed E-state index contributed by atoms with van der Waals surface area (Å²) in [6.45, 7) is 0. The van der Waals surface area contributed by atoms with Crippen LogP contribution in [0.4, 0.5) is 5.69 Å². The molecule has 0 saturated heterocycles. The lowest BCUT2D eigenvalue weighted by Crippen LogP contribution is -1.98. The van der Waals surface area contributed by atoms with Crippen LogP contribution in [0.2, 0.25) is 0 Å². The molecule has 3 aromatic rings. The minimum Gasteiger partial charge on any atom is -0.399 e. The number of hydrogen-bond donors (Lipinski definition) is 1. The van der Waals surface area contributed by atoms with E-state index in [0.29, 0.717) is 0 Å². The average Bonchev–Trinajstić information content (AvgIpc) is 2.96.